The highest BCUT2D eigenvalue weighted by molar-refractivity contribution is 4.86. The standard InChI is InChI=1S/C9H19NO/c1-7(2)9(6-11)10-5-4-8(10)3/h7-9,11H,4-6H2,1-3H3/t8?,9-/m0/s1. The van der Waals surface area contributed by atoms with Crippen molar-refractivity contribution < 1.29 is 5.11 Å². The van der Waals surface area contributed by atoms with E-state index in [0.717, 1.165) is 0 Å². The van der Waals surface area contributed by atoms with Crippen LogP contribution in [0.3, 0.4) is 0 Å². The Morgan fingerprint density at radius 2 is 2.18 bits per heavy atom. The van der Waals surface area contributed by atoms with E-state index in [1.165, 1.54) is 13.0 Å². The minimum absolute atomic E-state index is 0.308. The van der Waals surface area contributed by atoms with E-state index >= 15 is 0 Å². The minimum Gasteiger partial charge on any atom is -0.395 e. The van der Waals surface area contributed by atoms with E-state index in [-0.39, 0.29) is 0 Å². The quantitative estimate of drug-likeness (QED) is 0.663. The molecule has 2 nitrogen and oxygen atoms in total. The second-order valence-corrected chi connectivity index (χ2v) is 3.87. The van der Waals surface area contributed by atoms with Gasteiger partial charge in [0, 0.05) is 18.6 Å². The van der Waals surface area contributed by atoms with Gasteiger partial charge in [0.1, 0.15) is 0 Å². The molecule has 1 fully saturated rings. The van der Waals surface area contributed by atoms with Gasteiger partial charge in [-0.1, -0.05) is 13.8 Å². The number of hydrogen-bond acceptors (Lipinski definition) is 2. The van der Waals surface area contributed by atoms with Gasteiger partial charge in [-0.05, 0) is 19.3 Å². The van der Waals surface area contributed by atoms with Crippen molar-refractivity contribution in [3.63, 3.8) is 0 Å². The Morgan fingerprint density at radius 3 is 2.27 bits per heavy atom. The Hall–Kier alpha value is -0.0800. The number of rotatable bonds is 3. The summed E-state index contributed by atoms with van der Waals surface area (Å²) in [6.07, 6.45) is 1.29. The maximum atomic E-state index is 9.11. The van der Waals surface area contributed by atoms with Crippen molar-refractivity contribution in [3.8, 4) is 0 Å². The van der Waals surface area contributed by atoms with Gasteiger partial charge < -0.3 is 5.11 Å². The topological polar surface area (TPSA) is 23.5 Å². The Morgan fingerprint density at radius 1 is 1.55 bits per heavy atom. The van der Waals surface area contributed by atoms with Crippen LogP contribution in [-0.4, -0.2) is 35.2 Å². The van der Waals surface area contributed by atoms with Crippen LogP contribution in [0.1, 0.15) is 27.2 Å². The fourth-order valence-corrected chi connectivity index (χ4v) is 1.73. The van der Waals surface area contributed by atoms with E-state index < -0.39 is 0 Å². The van der Waals surface area contributed by atoms with Crippen LogP contribution in [0.15, 0.2) is 0 Å². The Kier molecular flexibility index (Phi) is 2.90. The zero-order chi connectivity index (χ0) is 8.43. The van der Waals surface area contributed by atoms with Crippen LogP contribution in [0.4, 0.5) is 0 Å². The van der Waals surface area contributed by atoms with Crippen LogP contribution in [0.25, 0.3) is 0 Å². The van der Waals surface area contributed by atoms with Gasteiger partial charge in [-0.2, -0.15) is 0 Å². The highest BCUT2D eigenvalue weighted by Gasteiger charge is 2.31. The van der Waals surface area contributed by atoms with Crippen LogP contribution in [0.2, 0.25) is 0 Å². The first-order valence-corrected chi connectivity index (χ1v) is 4.53. The van der Waals surface area contributed by atoms with Gasteiger partial charge in [-0.3, -0.25) is 4.90 Å². The van der Waals surface area contributed by atoms with E-state index in [4.69, 9.17) is 5.11 Å². The first-order valence-electron chi connectivity index (χ1n) is 4.53. The predicted octanol–water partition coefficient (Wildman–Crippen LogP) is 1.10. The zero-order valence-electron chi connectivity index (χ0n) is 7.75. The summed E-state index contributed by atoms with van der Waals surface area (Å²) in [4.78, 5) is 2.39. The lowest BCUT2D eigenvalue weighted by atomic mass is 9.95. The second-order valence-electron chi connectivity index (χ2n) is 3.87. The van der Waals surface area contributed by atoms with Gasteiger partial charge in [0.25, 0.3) is 0 Å². The number of aliphatic hydroxyl groups excluding tert-OH is 1. The molecule has 0 spiro atoms. The molecule has 1 N–H and O–H groups in total. The molecule has 0 amide bonds. The lowest BCUT2D eigenvalue weighted by Gasteiger charge is -2.45. The maximum Gasteiger partial charge on any atom is 0.0589 e. The molecule has 2 atom stereocenters. The molecule has 0 aromatic heterocycles. The highest BCUT2D eigenvalue weighted by Crippen LogP contribution is 2.23. The number of aliphatic hydroxyl groups is 1. The van der Waals surface area contributed by atoms with Gasteiger partial charge >= 0.3 is 0 Å². The monoisotopic (exact) mass is 157 g/mol. The van der Waals surface area contributed by atoms with Crippen molar-refractivity contribution in [1.82, 2.24) is 4.90 Å². The Balaban J connectivity index is 2.41. The van der Waals surface area contributed by atoms with E-state index in [9.17, 15) is 0 Å². The molecular weight excluding hydrogens is 138 g/mol. The lowest BCUT2D eigenvalue weighted by molar-refractivity contribution is 0.00106. The molecule has 1 heterocycles. The normalized spacial score (nSPS) is 28.6. The molecule has 2 heteroatoms. The molecule has 1 saturated heterocycles. The smallest absolute Gasteiger partial charge is 0.0589 e. The molecule has 1 aliphatic rings. The molecule has 1 unspecified atom stereocenters. The number of likely N-dealkylation sites (tertiary alicyclic amines) is 1. The largest absolute Gasteiger partial charge is 0.395 e. The third kappa shape index (κ3) is 1.74. The van der Waals surface area contributed by atoms with Gasteiger partial charge in [0.2, 0.25) is 0 Å². The van der Waals surface area contributed by atoms with Crippen molar-refractivity contribution in [2.75, 3.05) is 13.2 Å². The summed E-state index contributed by atoms with van der Waals surface area (Å²) in [6, 6.07) is 1.08. The summed E-state index contributed by atoms with van der Waals surface area (Å²) in [7, 11) is 0. The van der Waals surface area contributed by atoms with Crippen LogP contribution in [0.5, 0.6) is 0 Å². The van der Waals surface area contributed by atoms with Crippen molar-refractivity contribution in [3.05, 3.63) is 0 Å². The SMILES string of the molecule is CC(C)[C@H](CO)N1CCC1C. The molecule has 0 bridgehead atoms. The molecule has 66 valence electrons. The molecule has 0 aromatic rings. The molecule has 1 rings (SSSR count). The second kappa shape index (κ2) is 3.55. The van der Waals surface area contributed by atoms with Crippen LogP contribution < -0.4 is 0 Å². The summed E-state index contributed by atoms with van der Waals surface area (Å²) in [5, 5.41) is 9.11. The van der Waals surface area contributed by atoms with Gasteiger partial charge in [0.05, 0.1) is 6.61 Å². The first kappa shape index (κ1) is 9.01. The van der Waals surface area contributed by atoms with E-state index in [0.29, 0.717) is 24.6 Å². The van der Waals surface area contributed by atoms with Crippen molar-refractivity contribution in [2.45, 2.75) is 39.3 Å². The van der Waals surface area contributed by atoms with Crippen LogP contribution in [0, 0.1) is 5.92 Å². The van der Waals surface area contributed by atoms with Crippen molar-refractivity contribution >= 4 is 0 Å². The Bertz CT molecular complexity index is 125. The average molecular weight is 157 g/mol. The molecule has 11 heavy (non-hydrogen) atoms. The first-order chi connectivity index (χ1) is 5.16. The highest BCUT2D eigenvalue weighted by atomic mass is 16.3. The van der Waals surface area contributed by atoms with Crippen molar-refractivity contribution in [1.29, 1.82) is 0 Å². The third-order valence-electron chi connectivity index (χ3n) is 2.75. The zero-order valence-corrected chi connectivity index (χ0v) is 7.75. The molecule has 0 saturated carbocycles. The van der Waals surface area contributed by atoms with E-state index in [1.54, 1.807) is 0 Å². The molecule has 0 aliphatic carbocycles. The van der Waals surface area contributed by atoms with Crippen LogP contribution in [-0.2, 0) is 0 Å². The van der Waals surface area contributed by atoms with Gasteiger partial charge in [-0.25, -0.2) is 0 Å². The number of hydrogen-bond donors (Lipinski definition) is 1. The summed E-state index contributed by atoms with van der Waals surface area (Å²) in [5.74, 6) is 0.572. The molecule has 1 aliphatic heterocycles. The maximum absolute atomic E-state index is 9.11. The minimum atomic E-state index is 0.308. The summed E-state index contributed by atoms with van der Waals surface area (Å²) in [5.41, 5.74) is 0. The summed E-state index contributed by atoms with van der Waals surface area (Å²) in [6.45, 7) is 8.05. The fraction of sp³-hybridized carbons (Fsp3) is 1.00. The lowest BCUT2D eigenvalue weighted by Crippen LogP contribution is -2.54. The molecule has 0 radical (unpaired) electrons. The van der Waals surface area contributed by atoms with E-state index in [1.807, 2.05) is 0 Å². The Labute approximate surface area is 69.2 Å². The summed E-state index contributed by atoms with van der Waals surface area (Å²) >= 11 is 0. The predicted molar refractivity (Wildman–Crippen MR) is 46.5 cm³/mol. The van der Waals surface area contributed by atoms with Gasteiger partial charge in [0.15, 0.2) is 0 Å². The fourth-order valence-electron chi connectivity index (χ4n) is 1.73. The third-order valence-corrected chi connectivity index (χ3v) is 2.75. The van der Waals surface area contributed by atoms with Gasteiger partial charge in [-0.15, -0.1) is 0 Å². The molecule has 0 aromatic carbocycles. The summed E-state index contributed by atoms with van der Waals surface area (Å²) < 4.78 is 0. The average Bonchev–Trinajstić information content (AvgIpc) is 1.96. The molecular formula is C9H19NO. The number of nitrogens with zero attached hydrogens (tertiary/aromatic N) is 1. The van der Waals surface area contributed by atoms with E-state index in [2.05, 4.69) is 25.7 Å². The van der Waals surface area contributed by atoms with Crippen LogP contribution >= 0.6 is 0 Å². The van der Waals surface area contributed by atoms with Crippen molar-refractivity contribution in [2.24, 2.45) is 5.92 Å².